The average Bonchev–Trinajstić information content (AvgIpc) is 3.66. The number of hydrogen-bond acceptors (Lipinski definition) is 7. The Labute approximate surface area is 236 Å². The van der Waals surface area contributed by atoms with Crippen molar-refractivity contribution in [3.63, 3.8) is 0 Å². The van der Waals surface area contributed by atoms with Crippen molar-refractivity contribution in [3.05, 3.63) is 42.2 Å². The van der Waals surface area contributed by atoms with E-state index in [-0.39, 0.29) is 12.1 Å². The van der Waals surface area contributed by atoms with Crippen LogP contribution < -0.4 is 21.7 Å². The number of rotatable bonds is 8. The SMILES string of the molecule is NC1CCC(Nc2nc(NC3CCN(C(=O)NCCc4ccccc4)CC3)c3ncn(C4CCCC4)c3n2)CC1. The fourth-order valence-corrected chi connectivity index (χ4v) is 6.47. The Kier molecular flexibility index (Phi) is 8.32. The maximum absolute atomic E-state index is 12.8. The minimum absolute atomic E-state index is 0.0211. The zero-order chi connectivity index (χ0) is 27.3. The number of likely N-dealkylation sites (tertiary alicyclic amines) is 1. The highest BCUT2D eigenvalue weighted by atomic mass is 16.2. The lowest BCUT2D eigenvalue weighted by molar-refractivity contribution is 0.184. The van der Waals surface area contributed by atoms with Gasteiger partial charge in [0.05, 0.1) is 6.33 Å². The van der Waals surface area contributed by atoms with Crippen LogP contribution in [0.5, 0.6) is 0 Å². The molecule has 3 fully saturated rings. The Morgan fingerprint density at radius 3 is 2.38 bits per heavy atom. The molecule has 3 aromatic rings. The fourth-order valence-electron chi connectivity index (χ4n) is 6.47. The number of piperidine rings is 1. The van der Waals surface area contributed by atoms with Crippen LogP contribution in [0.15, 0.2) is 36.7 Å². The molecular formula is C30H43N9O. The molecule has 5 N–H and O–H groups in total. The molecule has 1 aliphatic heterocycles. The number of aromatic nitrogens is 4. The second-order valence-corrected chi connectivity index (χ2v) is 11.8. The lowest BCUT2D eigenvalue weighted by Gasteiger charge is -2.32. The molecule has 1 saturated heterocycles. The van der Waals surface area contributed by atoms with Gasteiger partial charge in [-0.25, -0.2) is 9.78 Å². The van der Waals surface area contributed by atoms with E-state index in [2.05, 4.69) is 32.7 Å². The number of amides is 2. The molecule has 0 radical (unpaired) electrons. The van der Waals surface area contributed by atoms with Crippen LogP contribution in [-0.2, 0) is 6.42 Å². The van der Waals surface area contributed by atoms with E-state index in [1.165, 1.54) is 31.2 Å². The summed E-state index contributed by atoms with van der Waals surface area (Å²) in [7, 11) is 0. The van der Waals surface area contributed by atoms with Crippen LogP contribution in [0.3, 0.4) is 0 Å². The predicted octanol–water partition coefficient (Wildman–Crippen LogP) is 4.45. The Hall–Kier alpha value is -3.40. The van der Waals surface area contributed by atoms with Crippen molar-refractivity contribution in [1.29, 1.82) is 0 Å². The fraction of sp³-hybridized carbons (Fsp3) is 0.600. The van der Waals surface area contributed by atoms with Gasteiger partial charge in [-0.05, 0) is 63.4 Å². The quantitative estimate of drug-likeness (QED) is 0.329. The van der Waals surface area contributed by atoms with Gasteiger partial charge in [-0.15, -0.1) is 0 Å². The van der Waals surface area contributed by atoms with Gasteiger partial charge in [0.25, 0.3) is 0 Å². The smallest absolute Gasteiger partial charge is 0.317 e. The summed E-state index contributed by atoms with van der Waals surface area (Å²) in [5.41, 5.74) is 9.12. The van der Waals surface area contributed by atoms with Crippen molar-refractivity contribution in [2.75, 3.05) is 30.3 Å². The topological polar surface area (TPSA) is 126 Å². The lowest BCUT2D eigenvalue weighted by atomic mass is 9.92. The zero-order valence-electron chi connectivity index (χ0n) is 23.4. The predicted molar refractivity (Wildman–Crippen MR) is 158 cm³/mol. The molecule has 3 heterocycles. The number of benzene rings is 1. The number of carbonyl (C=O) groups excluding carboxylic acids is 1. The van der Waals surface area contributed by atoms with Crippen molar-refractivity contribution in [2.24, 2.45) is 5.73 Å². The van der Waals surface area contributed by atoms with Gasteiger partial charge >= 0.3 is 6.03 Å². The first-order valence-corrected chi connectivity index (χ1v) is 15.2. The molecule has 2 saturated carbocycles. The summed E-state index contributed by atoms with van der Waals surface area (Å²) < 4.78 is 2.26. The molecule has 0 unspecified atom stereocenters. The number of hydrogen-bond donors (Lipinski definition) is 4. The third-order valence-electron chi connectivity index (χ3n) is 8.90. The molecule has 0 bridgehead atoms. The molecule has 2 aromatic heterocycles. The van der Waals surface area contributed by atoms with Crippen molar-refractivity contribution >= 4 is 29.0 Å². The first kappa shape index (κ1) is 26.8. The second kappa shape index (κ2) is 12.4. The summed E-state index contributed by atoms with van der Waals surface area (Å²) in [5.74, 6) is 1.47. The van der Waals surface area contributed by atoms with E-state index >= 15 is 0 Å². The van der Waals surface area contributed by atoms with Crippen molar-refractivity contribution in [3.8, 4) is 0 Å². The third kappa shape index (κ3) is 6.32. The Morgan fingerprint density at radius 2 is 1.62 bits per heavy atom. The Balaban J connectivity index is 1.10. The van der Waals surface area contributed by atoms with E-state index in [4.69, 9.17) is 20.7 Å². The molecule has 10 nitrogen and oxygen atoms in total. The number of fused-ring (bicyclic) bond motifs is 1. The molecule has 1 aromatic carbocycles. The van der Waals surface area contributed by atoms with E-state index in [1.807, 2.05) is 29.4 Å². The van der Waals surface area contributed by atoms with Crippen molar-refractivity contribution in [1.82, 2.24) is 29.7 Å². The largest absolute Gasteiger partial charge is 0.365 e. The summed E-state index contributed by atoms with van der Waals surface area (Å²) in [4.78, 5) is 29.4. The number of imidazole rings is 1. The average molecular weight is 546 g/mol. The van der Waals surface area contributed by atoms with Crippen molar-refractivity contribution in [2.45, 2.75) is 94.8 Å². The number of carbonyl (C=O) groups is 1. The van der Waals surface area contributed by atoms with E-state index in [0.717, 1.165) is 61.9 Å². The summed E-state index contributed by atoms with van der Waals surface area (Å²) in [6.45, 7) is 2.08. The molecule has 214 valence electrons. The number of nitrogens with one attached hydrogen (secondary N) is 3. The highest BCUT2D eigenvalue weighted by molar-refractivity contribution is 5.84. The summed E-state index contributed by atoms with van der Waals surface area (Å²) in [6, 6.07) is 11.6. The van der Waals surface area contributed by atoms with Crippen LogP contribution in [0.25, 0.3) is 11.2 Å². The van der Waals surface area contributed by atoms with E-state index in [9.17, 15) is 4.79 Å². The molecule has 40 heavy (non-hydrogen) atoms. The summed E-state index contributed by atoms with van der Waals surface area (Å²) in [6.07, 6.45) is 13.5. The van der Waals surface area contributed by atoms with Gasteiger partial charge in [0.2, 0.25) is 5.95 Å². The van der Waals surface area contributed by atoms with Crippen LogP contribution in [0, 0.1) is 0 Å². The van der Waals surface area contributed by atoms with E-state index < -0.39 is 0 Å². The van der Waals surface area contributed by atoms with E-state index in [1.54, 1.807) is 0 Å². The first-order valence-electron chi connectivity index (χ1n) is 15.2. The molecular weight excluding hydrogens is 502 g/mol. The lowest BCUT2D eigenvalue weighted by Crippen LogP contribution is -2.47. The minimum atomic E-state index is 0.0211. The molecule has 10 heteroatoms. The molecule has 2 amide bonds. The van der Waals surface area contributed by atoms with Crippen LogP contribution in [0.4, 0.5) is 16.6 Å². The molecule has 0 atom stereocenters. The monoisotopic (exact) mass is 545 g/mol. The van der Waals surface area contributed by atoms with E-state index in [0.29, 0.717) is 43.7 Å². The van der Waals surface area contributed by atoms with Gasteiger partial charge in [-0.3, -0.25) is 0 Å². The summed E-state index contributed by atoms with van der Waals surface area (Å²) in [5, 5.41) is 10.4. The Morgan fingerprint density at radius 1 is 0.900 bits per heavy atom. The number of nitrogens with zero attached hydrogens (tertiary/aromatic N) is 5. The standard InChI is InChI=1S/C30H43N9O/c31-22-10-12-23(13-11-22)35-29-36-27(26-28(37-29)39(20-33-26)25-8-4-5-9-25)34-24-15-18-38(19-16-24)30(40)32-17-14-21-6-2-1-3-7-21/h1-3,6-7,20,22-25H,4-5,8-19,31H2,(H,32,40)(H2,34,35,36,37). The first-order chi connectivity index (χ1) is 19.6. The van der Waals surface area contributed by atoms with Gasteiger partial charge in [0.15, 0.2) is 17.0 Å². The van der Waals surface area contributed by atoms with Gasteiger partial charge in [-0.1, -0.05) is 43.2 Å². The third-order valence-corrected chi connectivity index (χ3v) is 8.90. The number of urea groups is 1. The van der Waals surface area contributed by atoms with Gasteiger partial charge < -0.3 is 31.2 Å². The summed E-state index contributed by atoms with van der Waals surface area (Å²) >= 11 is 0. The van der Waals surface area contributed by atoms with Crippen molar-refractivity contribution < 1.29 is 4.79 Å². The van der Waals surface area contributed by atoms with Crippen LogP contribution in [0.1, 0.15) is 75.8 Å². The second-order valence-electron chi connectivity index (χ2n) is 11.8. The van der Waals surface area contributed by atoms with Crippen LogP contribution >= 0.6 is 0 Å². The highest BCUT2D eigenvalue weighted by Gasteiger charge is 2.27. The maximum Gasteiger partial charge on any atom is 0.317 e. The maximum atomic E-state index is 12.8. The molecule has 6 rings (SSSR count). The normalized spacial score (nSPS) is 22.5. The van der Waals surface area contributed by atoms with Gasteiger partial charge in [0, 0.05) is 43.8 Å². The minimum Gasteiger partial charge on any atom is -0.365 e. The molecule has 3 aliphatic rings. The number of anilines is 2. The van der Waals surface area contributed by atoms with Gasteiger partial charge in [0.1, 0.15) is 0 Å². The van der Waals surface area contributed by atoms with Gasteiger partial charge in [-0.2, -0.15) is 9.97 Å². The van der Waals surface area contributed by atoms with Crippen LogP contribution in [0.2, 0.25) is 0 Å². The number of nitrogens with two attached hydrogens (primary N) is 1. The molecule has 0 spiro atoms. The van der Waals surface area contributed by atoms with Crippen LogP contribution in [-0.4, -0.2) is 68.2 Å². The Bertz CT molecular complexity index is 1260. The molecule has 2 aliphatic carbocycles. The highest BCUT2D eigenvalue weighted by Crippen LogP contribution is 2.34. The zero-order valence-corrected chi connectivity index (χ0v) is 23.4.